The third-order valence-electron chi connectivity index (χ3n) is 1.89. The highest BCUT2D eigenvalue weighted by Gasteiger charge is 2.13. The quantitative estimate of drug-likeness (QED) is 0.861. The zero-order chi connectivity index (χ0) is 11.5. The number of benzene rings is 1. The van der Waals surface area contributed by atoms with Crippen LogP contribution in [0.2, 0.25) is 0 Å². The molecule has 0 heterocycles. The first-order valence-electron chi connectivity index (χ1n) is 4.23. The second kappa shape index (κ2) is 4.76. The van der Waals surface area contributed by atoms with Crippen molar-refractivity contribution in [3.63, 3.8) is 0 Å². The molecule has 0 aromatic heterocycles. The lowest BCUT2D eigenvalue weighted by Gasteiger charge is -2.06. The van der Waals surface area contributed by atoms with Crippen LogP contribution in [0.25, 0.3) is 0 Å². The van der Waals surface area contributed by atoms with Gasteiger partial charge in [-0.25, -0.2) is 8.42 Å². The Bertz CT molecular complexity index is 470. The molecule has 0 spiro atoms. The second-order valence-electron chi connectivity index (χ2n) is 2.81. The summed E-state index contributed by atoms with van der Waals surface area (Å²) < 4.78 is 23.7. The smallest absolute Gasteiger partial charge is 0.211 e. The van der Waals surface area contributed by atoms with Gasteiger partial charge in [0.25, 0.3) is 0 Å². The van der Waals surface area contributed by atoms with Gasteiger partial charge < -0.3 is 5.32 Å². The Morgan fingerprint density at radius 3 is 2.67 bits per heavy atom. The summed E-state index contributed by atoms with van der Waals surface area (Å²) in [7, 11) is -3.23. The predicted octanol–water partition coefficient (Wildman–Crippen LogP) is 1.81. The number of anilines is 1. The van der Waals surface area contributed by atoms with Crippen molar-refractivity contribution in [2.24, 2.45) is 0 Å². The van der Waals surface area contributed by atoms with Gasteiger partial charge in [-0.15, -0.1) is 0 Å². The lowest BCUT2D eigenvalue weighted by Crippen LogP contribution is -2.05. The molecule has 0 aliphatic rings. The van der Waals surface area contributed by atoms with E-state index in [4.69, 9.17) is 0 Å². The number of carbonyl (C=O) groups excluding carboxylic acids is 1. The summed E-state index contributed by atoms with van der Waals surface area (Å²) in [4.78, 5) is 10.5. The maximum Gasteiger partial charge on any atom is 0.211 e. The standard InChI is InChI=1S/C9H10BrNO3S/c1-2-15(13,14)7-3-4-8(10)9(5-7)11-6-12/h3-6H,2H2,1H3,(H,11,12). The lowest BCUT2D eigenvalue weighted by molar-refractivity contribution is -0.105. The van der Waals surface area contributed by atoms with Crippen molar-refractivity contribution in [3.05, 3.63) is 22.7 Å². The minimum absolute atomic E-state index is 0.0369. The highest BCUT2D eigenvalue weighted by atomic mass is 79.9. The molecular weight excluding hydrogens is 282 g/mol. The molecular formula is C9H10BrNO3S. The maximum atomic E-state index is 11.5. The second-order valence-corrected chi connectivity index (χ2v) is 5.94. The van der Waals surface area contributed by atoms with Crippen LogP contribution in [0.4, 0.5) is 5.69 Å². The molecule has 6 heteroatoms. The minimum atomic E-state index is -3.23. The number of hydrogen-bond acceptors (Lipinski definition) is 3. The number of hydrogen-bond donors (Lipinski definition) is 1. The van der Waals surface area contributed by atoms with Crippen LogP contribution in [0.5, 0.6) is 0 Å². The molecule has 0 aliphatic carbocycles. The molecule has 1 aromatic rings. The van der Waals surface area contributed by atoms with Gasteiger partial charge in [0.1, 0.15) is 0 Å². The van der Waals surface area contributed by atoms with Gasteiger partial charge >= 0.3 is 0 Å². The van der Waals surface area contributed by atoms with Crippen LogP contribution in [0, 0.1) is 0 Å². The van der Waals surface area contributed by atoms with Crippen molar-refractivity contribution < 1.29 is 13.2 Å². The first-order valence-corrected chi connectivity index (χ1v) is 6.68. The fourth-order valence-electron chi connectivity index (χ4n) is 1.04. The molecule has 82 valence electrons. The van der Waals surface area contributed by atoms with E-state index in [0.29, 0.717) is 16.6 Å². The van der Waals surface area contributed by atoms with Gasteiger partial charge in [-0.1, -0.05) is 6.92 Å². The van der Waals surface area contributed by atoms with E-state index in [2.05, 4.69) is 21.2 Å². The Morgan fingerprint density at radius 1 is 1.47 bits per heavy atom. The number of rotatable bonds is 4. The molecule has 1 N–H and O–H groups in total. The highest BCUT2D eigenvalue weighted by Crippen LogP contribution is 2.25. The number of nitrogens with one attached hydrogen (secondary N) is 1. The van der Waals surface area contributed by atoms with E-state index in [9.17, 15) is 13.2 Å². The molecule has 15 heavy (non-hydrogen) atoms. The van der Waals surface area contributed by atoms with Crippen molar-refractivity contribution in [3.8, 4) is 0 Å². The maximum absolute atomic E-state index is 11.5. The van der Waals surface area contributed by atoms with Crippen molar-refractivity contribution >= 4 is 37.9 Å². The summed E-state index contributed by atoms with van der Waals surface area (Å²) in [5.74, 6) is 0.0369. The van der Waals surface area contributed by atoms with Crippen LogP contribution in [0.15, 0.2) is 27.6 Å². The van der Waals surface area contributed by atoms with Crippen LogP contribution in [-0.4, -0.2) is 20.6 Å². The normalized spacial score (nSPS) is 11.1. The molecule has 1 rings (SSSR count). The minimum Gasteiger partial charge on any atom is -0.328 e. The molecule has 0 saturated carbocycles. The van der Waals surface area contributed by atoms with E-state index in [0.717, 1.165) is 0 Å². The van der Waals surface area contributed by atoms with E-state index < -0.39 is 9.84 Å². The fourth-order valence-corrected chi connectivity index (χ4v) is 2.31. The molecule has 0 unspecified atom stereocenters. The Kier molecular flexibility index (Phi) is 3.87. The van der Waals surface area contributed by atoms with Crippen LogP contribution >= 0.6 is 15.9 Å². The fraction of sp³-hybridized carbons (Fsp3) is 0.222. The molecule has 0 saturated heterocycles. The van der Waals surface area contributed by atoms with Gasteiger partial charge in [0, 0.05) is 4.47 Å². The molecule has 0 bridgehead atoms. The zero-order valence-corrected chi connectivity index (χ0v) is 10.4. The largest absolute Gasteiger partial charge is 0.328 e. The molecule has 0 aliphatic heterocycles. The van der Waals surface area contributed by atoms with Gasteiger partial charge in [0.2, 0.25) is 6.41 Å². The zero-order valence-electron chi connectivity index (χ0n) is 8.03. The van der Waals surface area contributed by atoms with Gasteiger partial charge in [-0.05, 0) is 34.1 Å². The molecule has 0 radical (unpaired) electrons. The molecule has 1 amide bonds. The number of carbonyl (C=O) groups is 1. The summed E-state index contributed by atoms with van der Waals surface area (Å²) in [6.45, 7) is 1.57. The van der Waals surface area contributed by atoms with Gasteiger partial charge in [-0.2, -0.15) is 0 Å². The molecule has 0 fully saturated rings. The topological polar surface area (TPSA) is 63.2 Å². The summed E-state index contributed by atoms with van der Waals surface area (Å²) >= 11 is 3.20. The van der Waals surface area contributed by atoms with Crippen LogP contribution in [0.3, 0.4) is 0 Å². The average Bonchev–Trinajstić information content (AvgIpc) is 2.21. The SMILES string of the molecule is CCS(=O)(=O)c1ccc(Br)c(NC=O)c1. The highest BCUT2D eigenvalue weighted by molar-refractivity contribution is 9.10. The van der Waals surface area contributed by atoms with E-state index >= 15 is 0 Å². The summed E-state index contributed by atoms with van der Waals surface area (Å²) in [5, 5.41) is 2.42. The average molecular weight is 292 g/mol. The molecule has 1 aromatic carbocycles. The Morgan fingerprint density at radius 2 is 2.13 bits per heavy atom. The van der Waals surface area contributed by atoms with Crippen molar-refractivity contribution in [1.82, 2.24) is 0 Å². The number of sulfone groups is 1. The Hall–Kier alpha value is -0.880. The van der Waals surface area contributed by atoms with E-state index in [1.54, 1.807) is 13.0 Å². The number of amides is 1. The van der Waals surface area contributed by atoms with Gasteiger partial charge in [0.05, 0.1) is 16.3 Å². The lowest BCUT2D eigenvalue weighted by atomic mass is 10.3. The van der Waals surface area contributed by atoms with Crippen molar-refractivity contribution in [2.45, 2.75) is 11.8 Å². The van der Waals surface area contributed by atoms with E-state index in [1.807, 2.05) is 0 Å². The third kappa shape index (κ3) is 2.79. The first-order chi connectivity index (χ1) is 7.01. The van der Waals surface area contributed by atoms with E-state index in [1.165, 1.54) is 12.1 Å². The van der Waals surface area contributed by atoms with Gasteiger partial charge in [-0.3, -0.25) is 4.79 Å². The van der Waals surface area contributed by atoms with Crippen LogP contribution in [-0.2, 0) is 14.6 Å². The van der Waals surface area contributed by atoms with E-state index in [-0.39, 0.29) is 10.6 Å². The van der Waals surface area contributed by atoms with Gasteiger partial charge in [0.15, 0.2) is 9.84 Å². The van der Waals surface area contributed by atoms with Crippen molar-refractivity contribution in [2.75, 3.05) is 11.1 Å². The Labute approximate surface area is 96.7 Å². The summed E-state index contributed by atoms with van der Waals surface area (Å²) in [6.07, 6.45) is 0.502. The summed E-state index contributed by atoms with van der Waals surface area (Å²) in [5.41, 5.74) is 0.444. The van der Waals surface area contributed by atoms with Crippen LogP contribution < -0.4 is 5.32 Å². The first kappa shape index (κ1) is 12.2. The number of halogens is 1. The predicted molar refractivity (Wildman–Crippen MR) is 61.6 cm³/mol. The third-order valence-corrected chi connectivity index (χ3v) is 4.32. The summed E-state index contributed by atoms with van der Waals surface area (Å²) in [6, 6.07) is 4.52. The van der Waals surface area contributed by atoms with Crippen molar-refractivity contribution in [1.29, 1.82) is 0 Å². The van der Waals surface area contributed by atoms with Crippen LogP contribution in [0.1, 0.15) is 6.92 Å². The Balaban J connectivity index is 3.24. The molecule has 4 nitrogen and oxygen atoms in total. The monoisotopic (exact) mass is 291 g/mol. The molecule has 0 atom stereocenters.